The second-order valence-corrected chi connectivity index (χ2v) is 6.81. The number of nitrogens with one attached hydrogen (secondary N) is 1. The normalized spacial score (nSPS) is 23.7. The van der Waals surface area contributed by atoms with Crippen LogP contribution in [0.3, 0.4) is 0 Å². The Hall–Kier alpha value is -1.40. The smallest absolute Gasteiger partial charge is 0.224 e. The number of carbonyl (C=O) groups excluding carboxylic acids is 1. The largest absolute Gasteiger partial charge is 0.373 e. The highest BCUT2D eigenvalue weighted by Gasteiger charge is 2.25. The van der Waals surface area contributed by atoms with Crippen LogP contribution in [0.15, 0.2) is 0 Å². The van der Waals surface area contributed by atoms with Crippen LogP contribution in [0.5, 0.6) is 0 Å². The lowest BCUT2D eigenvalue weighted by Gasteiger charge is -2.39. The van der Waals surface area contributed by atoms with E-state index >= 15 is 0 Å². The molecule has 0 spiro atoms. The number of hydrogen-bond donors (Lipinski definition) is 1. The van der Waals surface area contributed by atoms with Gasteiger partial charge in [0.15, 0.2) is 0 Å². The number of rotatable bonds is 5. The summed E-state index contributed by atoms with van der Waals surface area (Å²) >= 11 is 0. The quantitative estimate of drug-likeness (QED) is 0.885. The zero-order valence-corrected chi connectivity index (χ0v) is 15.2. The minimum Gasteiger partial charge on any atom is -0.373 e. The van der Waals surface area contributed by atoms with Crippen LogP contribution < -0.4 is 5.32 Å². The van der Waals surface area contributed by atoms with Crippen molar-refractivity contribution in [3.05, 3.63) is 17.0 Å². The molecule has 1 amide bonds. The molecular formula is C17H30N4O2. The van der Waals surface area contributed by atoms with Crippen molar-refractivity contribution in [1.82, 2.24) is 20.0 Å². The maximum atomic E-state index is 12.3. The maximum Gasteiger partial charge on any atom is 0.224 e. The Morgan fingerprint density at radius 1 is 1.35 bits per heavy atom. The van der Waals surface area contributed by atoms with Crippen molar-refractivity contribution in [3.63, 3.8) is 0 Å². The van der Waals surface area contributed by atoms with Gasteiger partial charge in [-0.1, -0.05) is 0 Å². The number of aryl methyl sites for hydroxylation is 2. The second kappa shape index (κ2) is 7.45. The number of amides is 1. The van der Waals surface area contributed by atoms with Gasteiger partial charge in [-0.15, -0.1) is 0 Å². The van der Waals surface area contributed by atoms with Crippen molar-refractivity contribution in [1.29, 1.82) is 0 Å². The van der Waals surface area contributed by atoms with Crippen molar-refractivity contribution in [2.24, 2.45) is 7.05 Å². The Morgan fingerprint density at radius 3 is 2.48 bits per heavy atom. The highest BCUT2D eigenvalue weighted by Crippen LogP contribution is 2.14. The summed E-state index contributed by atoms with van der Waals surface area (Å²) in [6.07, 6.45) is 0.893. The van der Waals surface area contributed by atoms with Crippen LogP contribution in [0.25, 0.3) is 0 Å². The zero-order chi connectivity index (χ0) is 17.1. The molecule has 0 aliphatic carbocycles. The highest BCUT2D eigenvalue weighted by molar-refractivity contribution is 5.79. The fourth-order valence-electron chi connectivity index (χ4n) is 3.26. The minimum absolute atomic E-state index is 0.0606. The van der Waals surface area contributed by atoms with Gasteiger partial charge in [0.2, 0.25) is 5.91 Å². The first kappa shape index (κ1) is 17.9. The van der Waals surface area contributed by atoms with E-state index in [1.165, 1.54) is 0 Å². The summed E-state index contributed by atoms with van der Waals surface area (Å²) in [6, 6.07) is 0.309. The van der Waals surface area contributed by atoms with E-state index in [2.05, 4.69) is 36.1 Å². The van der Waals surface area contributed by atoms with Gasteiger partial charge in [0.1, 0.15) is 0 Å². The summed E-state index contributed by atoms with van der Waals surface area (Å²) in [6.45, 7) is 12.8. The van der Waals surface area contributed by atoms with Crippen LogP contribution in [-0.4, -0.2) is 58.5 Å². The Balaban J connectivity index is 1.84. The average Bonchev–Trinajstić information content (AvgIpc) is 2.70. The van der Waals surface area contributed by atoms with Gasteiger partial charge in [0, 0.05) is 44.0 Å². The molecule has 2 rings (SSSR count). The summed E-state index contributed by atoms with van der Waals surface area (Å²) in [5, 5.41) is 7.43. The molecule has 1 aromatic heterocycles. The van der Waals surface area contributed by atoms with E-state index in [1.807, 2.05) is 25.6 Å². The minimum atomic E-state index is 0.0606. The molecule has 1 saturated heterocycles. The SMILES string of the molecule is Cc1nn(C)c(C)c1CC(=O)NC[C@@H](C)N1C[C@@H](C)O[C@@H](C)C1. The molecular weight excluding hydrogens is 292 g/mol. The Bertz CT molecular complexity index is 545. The first-order valence-corrected chi connectivity index (χ1v) is 8.43. The van der Waals surface area contributed by atoms with Crippen molar-refractivity contribution in [2.45, 2.75) is 59.3 Å². The summed E-state index contributed by atoms with van der Waals surface area (Å²) in [7, 11) is 1.91. The van der Waals surface area contributed by atoms with Crippen molar-refractivity contribution >= 4 is 5.91 Å². The molecule has 1 aliphatic rings. The van der Waals surface area contributed by atoms with Crippen LogP contribution in [-0.2, 0) is 23.0 Å². The number of ether oxygens (including phenoxy) is 1. The summed E-state index contributed by atoms with van der Waals surface area (Å²) < 4.78 is 7.59. The molecule has 0 radical (unpaired) electrons. The third-order valence-corrected chi connectivity index (χ3v) is 4.66. The number of hydrogen-bond acceptors (Lipinski definition) is 4. The molecule has 23 heavy (non-hydrogen) atoms. The molecule has 3 atom stereocenters. The molecule has 2 heterocycles. The Morgan fingerprint density at radius 2 is 1.96 bits per heavy atom. The van der Waals surface area contributed by atoms with E-state index in [4.69, 9.17) is 4.74 Å². The predicted octanol–water partition coefficient (Wildman–Crippen LogP) is 1.19. The molecule has 1 fully saturated rings. The van der Waals surface area contributed by atoms with E-state index in [-0.39, 0.29) is 18.1 Å². The Labute approximate surface area is 139 Å². The van der Waals surface area contributed by atoms with E-state index in [0.717, 1.165) is 30.0 Å². The van der Waals surface area contributed by atoms with Gasteiger partial charge in [-0.2, -0.15) is 5.10 Å². The van der Waals surface area contributed by atoms with Crippen LogP contribution in [0.1, 0.15) is 37.7 Å². The van der Waals surface area contributed by atoms with Crippen LogP contribution in [0.4, 0.5) is 0 Å². The molecule has 6 heteroatoms. The first-order chi connectivity index (χ1) is 10.8. The molecule has 6 nitrogen and oxygen atoms in total. The van der Waals surface area contributed by atoms with Gasteiger partial charge < -0.3 is 10.1 Å². The van der Waals surface area contributed by atoms with Gasteiger partial charge in [0.25, 0.3) is 0 Å². The van der Waals surface area contributed by atoms with Crippen molar-refractivity contribution in [2.75, 3.05) is 19.6 Å². The second-order valence-electron chi connectivity index (χ2n) is 6.81. The summed E-state index contributed by atoms with van der Waals surface area (Å²) in [4.78, 5) is 14.6. The zero-order valence-electron chi connectivity index (χ0n) is 15.2. The maximum absolute atomic E-state index is 12.3. The van der Waals surface area contributed by atoms with Crippen LogP contribution >= 0.6 is 0 Å². The van der Waals surface area contributed by atoms with Gasteiger partial charge in [0.05, 0.1) is 24.3 Å². The van der Waals surface area contributed by atoms with E-state index in [0.29, 0.717) is 19.0 Å². The molecule has 0 unspecified atom stereocenters. The molecule has 1 aliphatic heterocycles. The molecule has 1 aromatic rings. The first-order valence-electron chi connectivity index (χ1n) is 8.43. The summed E-state index contributed by atoms with van der Waals surface area (Å²) in [5.74, 6) is 0.0606. The molecule has 0 saturated carbocycles. The van der Waals surface area contributed by atoms with Crippen molar-refractivity contribution in [3.8, 4) is 0 Å². The van der Waals surface area contributed by atoms with Gasteiger partial charge in [-0.25, -0.2) is 0 Å². The van der Waals surface area contributed by atoms with Gasteiger partial charge in [-0.05, 0) is 34.6 Å². The lowest BCUT2D eigenvalue weighted by atomic mass is 10.1. The van der Waals surface area contributed by atoms with E-state index in [9.17, 15) is 4.79 Å². The third-order valence-electron chi connectivity index (χ3n) is 4.66. The third kappa shape index (κ3) is 4.54. The highest BCUT2D eigenvalue weighted by atomic mass is 16.5. The van der Waals surface area contributed by atoms with Crippen molar-refractivity contribution < 1.29 is 9.53 Å². The number of carbonyl (C=O) groups is 1. The van der Waals surface area contributed by atoms with E-state index < -0.39 is 0 Å². The molecule has 1 N–H and O–H groups in total. The lowest BCUT2D eigenvalue weighted by Crippen LogP contribution is -2.52. The predicted molar refractivity (Wildman–Crippen MR) is 90.4 cm³/mol. The standard InChI is InChI=1S/C17H30N4O2/c1-11(21-9-12(2)23-13(3)10-21)8-18-17(22)7-16-14(4)19-20(6)15(16)5/h11-13H,7-10H2,1-6H3,(H,18,22)/t11-,12-,13+/m1/s1. The van der Waals surface area contributed by atoms with E-state index in [1.54, 1.807) is 0 Å². The number of aromatic nitrogens is 2. The van der Waals surface area contributed by atoms with Gasteiger partial charge >= 0.3 is 0 Å². The Kier molecular flexibility index (Phi) is 5.81. The molecule has 0 bridgehead atoms. The van der Waals surface area contributed by atoms with Gasteiger partial charge in [-0.3, -0.25) is 14.4 Å². The topological polar surface area (TPSA) is 59.4 Å². The molecule has 130 valence electrons. The average molecular weight is 322 g/mol. The monoisotopic (exact) mass is 322 g/mol. The van der Waals surface area contributed by atoms with Crippen LogP contribution in [0, 0.1) is 13.8 Å². The summed E-state index contributed by atoms with van der Waals surface area (Å²) in [5.41, 5.74) is 3.02. The number of nitrogens with zero attached hydrogens (tertiary/aromatic N) is 3. The fourth-order valence-corrected chi connectivity index (χ4v) is 3.26. The molecule has 0 aromatic carbocycles. The number of morpholine rings is 1. The fraction of sp³-hybridized carbons (Fsp3) is 0.765. The van der Waals surface area contributed by atoms with Crippen LogP contribution in [0.2, 0.25) is 0 Å². The lowest BCUT2D eigenvalue weighted by molar-refractivity contribution is -0.121.